The summed E-state index contributed by atoms with van der Waals surface area (Å²) in [4.78, 5) is 19.2. The largest absolute Gasteiger partial charge is 0.441 e. The maximum atomic E-state index is 12.8. The van der Waals surface area contributed by atoms with Crippen molar-refractivity contribution < 1.29 is 9.21 Å². The first-order valence-electron chi connectivity index (χ1n) is 8.37. The van der Waals surface area contributed by atoms with E-state index in [0.717, 1.165) is 22.6 Å². The van der Waals surface area contributed by atoms with E-state index in [9.17, 15) is 4.79 Å². The quantitative estimate of drug-likeness (QED) is 0.800. The Morgan fingerprint density at radius 2 is 2.00 bits per heavy atom. The minimum atomic E-state index is 0.00483. The molecular formula is C20H19N3O2. The van der Waals surface area contributed by atoms with Gasteiger partial charge in [0.1, 0.15) is 11.5 Å². The zero-order valence-electron chi connectivity index (χ0n) is 13.8. The van der Waals surface area contributed by atoms with Crippen molar-refractivity contribution in [2.75, 3.05) is 6.54 Å². The fraction of sp³-hybridized carbons (Fsp3) is 0.200. The van der Waals surface area contributed by atoms with Crippen molar-refractivity contribution in [3.63, 3.8) is 0 Å². The predicted molar refractivity (Wildman–Crippen MR) is 94.7 cm³/mol. The molecule has 2 N–H and O–H groups in total. The molecule has 0 spiro atoms. The summed E-state index contributed by atoms with van der Waals surface area (Å²) in [5.74, 6) is 1.49. The summed E-state index contributed by atoms with van der Waals surface area (Å²) in [6, 6.07) is 17.3. The lowest BCUT2D eigenvalue weighted by atomic mass is 10.1. The van der Waals surface area contributed by atoms with Crippen LogP contribution in [0, 0.1) is 0 Å². The SMILES string of the molecule is NCc1cccc(C(=O)N2CCc3oc(-c4ccccc4)nc3C2)c1. The topological polar surface area (TPSA) is 72.4 Å². The summed E-state index contributed by atoms with van der Waals surface area (Å²) in [6.45, 7) is 1.52. The number of nitrogens with zero attached hydrogens (tertiary/aromatic N) is 2. The maximum absolute atomic E-state index is 12.8. The monoisotopic (exact) mass is 333 g/mol. The van der Waals surface area contributed by atoms with E-state index in [1.165, 1.54) is 0 Å². The highest BCUT2D eigenvalue weighted by atomic mass is 16.4. The van der Waals surface area contributed by atoms with Crippen molar-refractivity contribution in [2.45, 2.75) is 19.5 Å². The van der Waals surface area contributed by atoms with Gasteiger partial charge in [0.05, 0.1) is 6.54 Å². The highest BCUT2D eigenvalue weighted by Gasteiger charge is 2.26. The molecule has 1 amide bonds. The number of rotatable bonds is 3. The minimum absolute atomic E-state index is 0.00483. The number of hydrogen-bond acceptors (Lipinski definition) is 4. The first kappa shape index (κ1) is 15.6. The Balaban J connectivity index is 1.56. The number of carbonyl (C=O) groups excluding carboxylic acids is 1. The molecule has 0 aliphatic carbocycles. The molecule has 25 heavy (non-hydrogen) atoms. The number of carbonyl (C=O) groups is 1. The second-order valence-electron chi connectivity index (χ2n) is 6.14. The van der Waals surface area contributed by atoms with Gasteiger partial charge in [0.2, 0.25) is 5.89 Å². The van der Waals surface area contributed by atoms with Crippen LogP contribution in [0.15, 0.2) is 59.0 Å². The number of hydrogen-bond donors (Lipinski definition) is 1. The minimum Gasteiger partial charge on any atom is -0.441 e. The Morgan fingerprint density at radius 1 is 1.16 bits per heavy atom. The lowest BCUT2D eigenvalue weighted by Crippen LogP contribution is -2.35. The average molecular weight is 333 g/mol. The van der Waals surface area contributed by atoms with E-state index in [2.05, 4.69) is 4.98 Å². The molecule has 1 aromatic heterocycles. The predicted octanol–water partition coefficient (Wildman–Crippen LogP) is 3.00. The maximum Gasteiger partial charge on any atom is 0.254 e. The molecule has 5 heteroatoms. The third-order valence-corrected chi connectivity index (χ3v) is 4.45. The Labute approximate surface area is 146 Å². The fourth-order valence-electron chi connectivity index (χ4n) is 3.09. The molecule has 0 saturated carbocycles. The average Bonchev–Trinajstić information content (AvgIpc) is 3.11. The summed E-state index contributed by atoms with van der Waals surface area (Å²) in [6.07, 6.45) is 0.678. The summed E-state index contributed by atoms with van der Waals surface area (Å²) in [7, 11) is 0. The molecule has 0 bridgehead atoms. The second kappa shape index (κ2) is 6.53. The van der Waals surface area contributed by atoms with Crippen molar-refractivity contribution in [1.29, 1.82) is 0 Å². The number of aromatic nitrogens is 1. The smallest absolute Gasteiger partial charge is 0.254 e. The van der Waals surface area contributed by atoms with Crippen molar-refractivity contribution in [1.82, 2.24) is 9.88 Å². The fourth-order valence-corrected chi connectivity index (χ4v) is 3.09. The lowest BCUT2D eigenvalue weighted by molar-refractivity contribution is 0.0728. The molecule has 0 fully saturated rings. The van der Waals surface area contributed by atoms with Gasteiger partial charge in [0, 0.05) is 30.6 Å². The summed E-state index contributed by atoms with van der Waals surface area (Å²) >= 11 is 0. The van der Waals surface area contributed by atoms with Gasteiger partial charge < -0.3 is 15.1 Å². The summed E-state index contributed by atoms with van der Waals surface area (Å²) in [5, 5.41) is 0. The molecule has 2 aromatic carbocycles. The van der Waals surface area contributed by atoms with Crippen LogP contribution >= 0.6 is 0 Å². The van der Waals surface area contributed by atoms with Crippen LogP contribution in [0.2, 0.25) is 0 Å². The van der Waals surface area contributed by atoms with Crippen molar-refractivity contribution in [3.8, 4) is 11.5 Å². The summed E-state index contributed by atoms with van der Waals surface area (Å²) < 4.78 is 5.90. The summed E-state index contributed by atoms with van der Waals surface area (Å²) in [5.41, 5.74) is 9.08. The number of oxazole rings is 1. The van der Waals surface area contributed by atoms with E-state index in [4.69, 9.17) is 10.2 Å². The van der Waals surface area contributed by atoms with Crippen LogP contribution in [0.1, 0.15) is 27.4 Å². The van der Waals surface area contributed by atoms with Crippen LogP contribution in [-0.4, -0.2) is 22.3 Å². The molecule has 2 heterocycles. The highest BCUT2D eigenvalue weighted by molar-refractivity contribution is 5.94. The normalized spacial score (nSPS) is 13.6. The zero-order chi connectivity index (χ0) is 17.2. The third-order valence-electron chi connectivity index (χ3n) is 4.45. The van der Waals surface area contributed by atoms with Gasteiger partial charge in [-0.25, -0.2) is 4.98 Å². The van der Waals surface area contributed by atoms with E-state index in [0.29, 0.717) is 37.5 Å². The van der Waals surface area contributed by atoms with Gasteiger partial charge in [-0.1, -0.05) is 30.3 Å². The van der Waals surface area contributed by atoms with Gasteiger partial charge in [-0.2, -0.15) is 0 Å². The number of amides is 1. The number of benzene rings is 2. The van der Waals surface area contributed by atoms with E-state index < -0.39 is 0 Å². The number of fused-ring (bicyclic) bond motifs is 1. The molecule has 3 aromatic rings. The van der Waals surface area contributed by atoms with E-state index in [1.54, 1.807) is 0 Å². The zero-order valence-corrected chi connectivity index (χ0v) is 13.8. The molecule has 1 aliphatic heterocycles. The molecule has 126 valence electrons. The van der Waals surface area contributed by atoms with Gasteiger partial charge in [0.15, 0.2) is 0 Å². The molecule has 0 saturated heterocycles. The molecular weight excluding hydrogens is 314 g/mol. The van der Waals surface area contributed by atoms with Gasteiger partial charge in [-0.15, -0.1) is 0 Å². The van der Waals surface area contributed by atoms with Crippen LogP contribution in [0.5, 0.6) is 0 Å². The van der Waals surface area contributed by atoms with Gasteiger partial charge in [-0.05, 0) is 29.8 Å². The van der Waals surface area contributed by atoms with Crippen LogP contribution in [0.25, 0.3) is 11.5 Å². The van der Waals surface area contributed by atoms with Crippen LogP contribution in [-0.2, 0) is 19.5 Å². The lowest BCUT2D eigenvalue weighted by Gasteiger charge is -2.25. The highest BCUT2D eigenvalue weighted by Crippen LogP contribution is 2.26. The van der Waals surface area contributed by atoms with Crippen LogP contribution < -0.4 is 5.73 Å². The van der Waals surface area contributed by atoms with Crippen molar-refractivity contribution in [3.05, 3.63) is 77.2 Å². The van der Waals surface area contributed by atoms with E-state index in [1.807, 2.05) is 59.5 Å². The standard InChI is InChI=1S/C20H19N3O2/c21-12-14-5-4-8-16(11-14)20(24)23-10-9-18-17(13-23)22-19(25-18)15-6-2-1-3-7-15/h1-8,11H,9-10,12-13,21H2. The van der Waals surface area contributed by atoms with Gasteiger partial charge >= 0.3 is 0 Å². The third kappa shape index (κ3) is 3.06. The molecule has 5 nitrogen and oxygen atoms in total. The first-order chi connectivity index (χ1) is 12.2. The number of nitrogens with two attached hydrogens (primary N) is 1. The Hall–Kier alpha value is -2.92. The van der Waals surface area contributed by atoms with Crippen LogP contribution in [0.4, 0.5) is 0 Å². The molecule has 4 rings (SSSR count). The molecule has 0 radical (unpaired) electrons. The Bertz CT molecular complexity index is 902. The Morgan fingerprint density at radius 3 is 2.80 bits per heavy atom. The first-order valence-corrected chi connectivity index (χ1v) is 8.37. The molecule has 0 atom stereocenters. The van der Waals surface area contributed by atoms with E-state index in [-0.39, 0.29) is 5.91 Å². The molecule has 1 aliphatic rings. The second-order valence-corrected chi connectivity index (χ2v) is 6.14. The Kier molecular flexibility index (Phi) is 4.07. The van der Waals surface area contributed by atoms with Crippen molar-refractivity contribution >= 4 is 5.91 Å². The van der Waals surface area contributed by atoms with E-state index >= 15 is 0 Å². The van der Waals surface area contributed by atoms with Gasteiger partial charge in [0.25, 0.3) is 5.91 Å². The van der Waals surface area contributed by atoms with Gasteiger partial charge in [-0.3, -0.25) is 4.79 Å². The van der Waals surface area contributed by atoms with Crippen LogP contribution in [0.3, 0.4) is 0 Å². The molecule has 0 unspecified atom stereocenters. The van der Waals surface area contributed by atoms with Crippen molar-refractivity contribution in [2.24, 2.45) is 5.73 Å².